The summed E-state index contributed by atoms with van der Waals surface area (Å²) in [5.41, 5.74) is 0.561. The van der Waals surface area contributed by atoms with E-state index in [-0.39, 0.29) is 5.91 Å². The number of benzene rings is 1. The fourth-order valence-corrected chi connectivity index (χ4v) is 3.21. The predicted octanol–water partition coefficient (Wildman–Crippen LogP) is 2.91. The van der Waals surface area contributed by atoms with Gasteiger partial charge in [0, 0.05) is 31.2 Å². The van der Waals surface area contributed by atoms with Crippen LogP contribution in [-0.2, 0) is 0 Å². The largest absolute Gasteiger partial charge is 0.496 e. The van der Waals surface area contributed by atoms with Crippen LogP contribution in [0.2, 0.25) is 5.02 Å². The average Bonchev–Trinajstić information content (AvgIpc) is 3.34. The first-order valence-electron chi connectivity index (χ1n) is 8.02. The minimum absolute atomic E-state index is 0.0209. The minimum atomic E-state index is 0.0209. The molecule has 0 unspecified atom stereocenters. The molecule has 0 bridgehead atoms. The molecule has 1 saturated carbocycles. The van der Waals surface area contributed by atoms with E-state index in [2.05, 4.69) is 4.90 Å². The number of ether oxygens (including phenoxy) is 1. The van der Waals surface area contributed by atoms with Crippen molar-refractivity contribution in [1.29, 1.82) is 0 Å². The van der Waals surface area contributed by atoms with Gasteiger partial charge in [-0.25, -0.2) is 0 Å². The molecule has 1 amide bonds. The van der Waals surface area contributed by atoms with Gasteiger partial charge >= 0.3 is 0 Å². The summed E-state index contributed by atoms with van der Waals surface area (Å²) in [6.07, 6.45) is 3.78. The lowest BCUT2D eigenvalue weighted by molar-refractivity contribution is 0.0758. The van der Waals surface area contributed by atoms with Crippen LogP contribution in [0.25, 0.3) is 0 Å². The maximum absolute atomic E-state index is 12.8. The molecule has 1 aliphatic carbocycles. The van der Waals surface area contributed by atoms with E-state index in [0.29, 0.717) is 16.3 Å². The van der Waals surface area contributed by atoms with Crippen LogP contribution in [0.5, 0.6) is 5.75 Å². The zero-order valence-electron chi connectivity index (χ0n) is 13.1. The summed E-state index contributed by atoms with van der Waals surface area (Å²) in [5.74, 6) is 1.51. The van der Waals surface area contributed by atoms with Crippen LogP contribution < -0.4 is 4.74 Å². The number of amides is 1. The zero-order chi connectivity index (χ0) is 15.5. The Balaban J connectivity index is 1.67. The maximum atomic E-state index is 12.8. The van der Waals surface area contributed by atoms with Crippen molar-refractivity contribution in [2.45, 2.75) is 19.3 Å². The van der Waals surface area contributed by atoms with Crippen LogP contribution in [-0.4, -0.2) is 55.5 Å². The first kappa shape index (κ1) is 15.6. The Kier molecular flexibility index (Phi) is 4.89. The monoisotopic (exact) mass is 322 g/mol. The first-order chi connectivity index (χ1) is 10.7. The summed E-state index contributed by atoms with van der Waals surface area (Å²) < 4.78 is 5.31. The molecule has 120 valence electrons. The summed E-state index contributed by atoms with van der Waals surface area (Å²) in [6.45, 7) is 4.83. The summed E-state index contributed by atoms with van der Waals surface area (Å²) >= 11 is 6.04. The van der Waals surface area contributed by atoms with Crippen LogP contribution >= 0.6 is 11.6 Å². The van der Waals surface area contributed by atoms with Crippen molar-refractivity contribution in [3.8, 4) is 5.75 Å². The van der Waals surface area contributed by atoms with Crippen molar-refractivity contribution in [2.24, 2.45) is 5.92 Å². The molecule has 1 aliphatic heterocycles. The normalized spacial score (nSPS) is 19.8. The number of carbonyl (C=O) groups is 1. The highest BCUT2D eigenvalue weighted by atomic mass is 35.5. The highest BCUT2D eigenvalue weighted by Gasteiger charge is 2.27. The van der Waals surface area contributed by atoms with Crippen molar-refractivity contribution < 1.29 is 9.53 Å². The van der Waals surface area contributed by atoms with Crippen molar-refractivity contribution in [3.05, 3.63) is 28.8 Å². The highest BCUT2D eigenvalue weighted by molar-refractivity contribution is 6.31. The molecule has 0 radical (unpaired) electrons. The second kappa shape index (κ2) is 6.88. The third-order valence-electron chi connectivity index (χ3n) is 4.48. The Labute approximate surface area is 137 Å². The van der Waals surface area contributed by atoms with Gasteiger partial charge in [-0.2, -0.15) is 0 Å². The summed E-state index contributed by atoms with van der Waals surface area (Å²) in [5, 5.41) is 0.564. The van der Waals surface area contributed by atoms with E-state index in [4.69, 9.17) is 16.3 Å². The molecule has 1 saturated heterocycles. The highest BCUT2D eigenvalue weighted by Crippen LogP contribution is 2.30. The molecule has 0 spiro atoms. The lowest BCUT2D eigenvalue weighted by Gasteiger charge is -2.22. The molecule has 2 aliphatic rings. The number of halogens is 1. The number of methoxy groups -OCH3 is 1. The van der Waals surface area contributed by atoms with Gasteiger partial charge in [0.05, 0.1) is 12.7 Å². The van der Waals surface area contributed by atoms with Crippen molar-refractivity contribution >= 4 is 17.5 Å². The molecule has 3 rings (SSSR count). The van der Waals surface area contributed by atoms with Crippen LogP contribution in [0, 0.1) is 5.92 Å². The molecule has 0 aromatic heterocycles. The van der Waals surface area contributed by atoms with E-state index < -0.39 is 0 Å². The Bertz CT molecular complexity index is 545. The van der Waals surface area contributed by atoms with E-state index in [9.17, 15) is 4.79 Å². The van der Waals surface area contributed by atoms with Crippen LogP contribution in [0.3, 0.4) is 0 Å². The molecule has 5 heteroatoms. The SMILES string of the molecule is COc1ccc(Cl)cc1C(=O)N1CCCN(CC2CC2)CC1. The molecule has 2 fully saturated rings. The van der Waals surface area contributed by atoms with Gasteiger partial charge in [-0.1, -0.05) is 11.6 Å². The molecule has 0 N–H and O–H groups in total. The topological polar surface area (TPSA) is 32.8 Å². The van der Waals surface area contributed by atoms with Crippen LogP contribution in [0.4, 0.5) is 0 Å². The molecule has 4 nitrogen and oxygen atoms in total. The summed E-state index contributed by atoms with van der Waals surface area (Å²) in [6, 6.07) is 5.21. The smallest absolute Gasteiger partial charge is 0.257 e. The second-order valence-electron chi connectivity index (χ2n) is 6.23. The number of rotatable bonds is 4. The van der Waals surface area contributed by atoms with E-state index >= 15 is 0 Å². The third-order valence-corrected chi connectivity index (χ3v) is 4.72. The van der Waals surface area contributed by atoms with Gasteiger partial charge < -0.3 is 14.5 Å². The first-order valence-corrected chi connectivity index (χ1v) is 8.40. The standard InChI is InChI=1S/C17H23ClN2O2/c1-22-16-6-5-14(18)11-15(16)17(21)20-8-2-7-19(9-10-20)12-13-3-4-13/h5-6,11,13H,2-4,7-10,12H2,1H3. The van der Waals surface area contributed by atoms with Crippen LogP contribution in [0.15, 0.2) is 18.2 Å². The van der Waals surface area contributed by atoms with E-state index in [1.54, 1.807) is 25.3 Å². The third kappa shape index (κ3) is 3.73. The molecular formula is C17H23ClN2O2. The lowest BCUT2D eigenvalue weighted by atomic mass is 10.1. The molecule has 1 heterocycles. The Morgan fingerprint density at radius 1 is 1.27 bits per heavy atom. The fourth-order valence-electron chi connectivity index (χ4n) is 3.04. The number of carbonyl (C=O) groups excluding carboxylic acids is 1. The maximum Gasteiger partial charge on any atom is 0.257 e. The predicted molar refractivity (Wildman–Crippen MR) is 87.7 cm³/mol. The van der Waals surface area contributed by atoms with Gasteiger partial charge in [0.15, 0.2) is 0 Å². The van der Waals surface area contributed by atoms with Gasteiger partial charge in [-0.05, 0) is 49.9 Å². The summed E-state index contributed by atoms with van der Waals surface area (Å²) in [4.78, 5) is 17.2. The Morgan fingerprint density at radius 2 is 2.09 bits per heavy atom. The number of hydrogen-bond donors (Lipinski definition) is 0. The minimum Gasteiger partial charge on any atom is -0.496 e. The average molecular weight is 323 g/mol. The molecule has 1 aromatic rings. The van der Waals surface area contributed by atoms with Gasteiger partial charge in [0.1, 0.15) is 5.75 Å². The van der Waals surface area contributed by atoms with E-state index in [1.807, 2.05) is 4.90 Å². The zero-order valence-corrected chi connectivity index (χ0v) is 13.8. The molecule has 0 atom stereocenters. The molecular weight excluding hydrogens is 300 g/mol. The van der Waals surface area contributed by atoms with Gasteiger partial charge in [0.2, 0.25) is 0 Å². The quantitative estimate of drug-likeness (QED) is 0.854. The number of nitrogens with zero attached hydrogens (tertiary/aromatic N) is 2. The number of hydrogen-bond acceptors (Lipinski definition) is 3. The summed E-state index contributed by atoms with van der Waals surface area (Å²) in [7, 11) is 1.58. The Hall–Kier alpha value is -1.26. The van der Waals surface area contributed by atoms with E-state index in [0.717, 1.165) is 38.5 Å². The molecule has 22 heavy (non-hydrogen) atoms. The molecule has 1 aromatic carbocycles. The van der Waals surface area contributed by atoms with Crippen molar-refractivity contribution in [1.82, 2.24) is 9.80 Å². The van der Waals surface area contributed by atoms with Crippen molar-refractivity contribution in [2.75, 3.05) is 39.8 Å². The fraction of sp³-hybridized carbons (Fsp3) is 0.588. The van der Waals surface area contributed by atoms with Crippen LogP contribution in [0.1, 0.15) is 29.6 Å². The van der Waals surface area contributed by atoms with E-state index in [1.165, 1.54) is 19.4 Å². The lowest BCUT2D eigenvalue weighted by Crippen LogP contribution is -2.35. The Morgan fingerprint density at radius 3 is 2.82 bits per heavy atom. The van der Waals surface area contributed by atoms with Gasteiger partial charge in [-0.3, -0.25) is 4.79 Å². The van der Waals surface area contributed by atoms with Crippen molar-refractivity contribution in [3.63, 3.8) is 0 Å². The van der Waals surface area contributed by atoms with Gasteiger partial charge in [-0.15, -0.1) is 0 Å². The second-order valence-corrected chi connectivity index (χ2v) is 6.67. The van der Waals surface area contributed by atoms with Gasteiger partial charge in [0.25, 0.3) is 5.91 Å².